The number of methoxy groups -OCH3 is 1. The number of benzene rings is 1. The van der Waals surface area contributed by atoms with Gasteiger partial charge in [0.25, 0.3) is 0 Å². The summed E-state index contributed by atoms with van der Waals surface area (Å²) < 4.78 is 5.45. The van der Waals surface area contributed by atoms with Crippen LogP contribution in [0.4, 0.5) is 5.69 Å². The van der Waals surface area contributed by atoms with Gasteiger partial charge in [-0.1, -0.05) is 6.07 Å². The van der Waals surface area contributed by atoms with E-state index < -0.39 is 6.10 Å². The molecule has 1 aromatic carbocycles. The van der Waals surface area contributed by atoms with Gasteiger partial charge in [0.05, 0.1) is 13.2 Å². The van der Waals surface area contributed by atoms with Crippen LogP contribution in [0.25, 0.3) is 0 Å². The van der Waals surface area contributed by atoms with Gasteiger partial charge in [0.2, 0.25) is 0 Å². The van der Waals surface area contributed by atoms with Crippen LogP contribution in [0.15, 0.2) is 35.0 Å². The monoisotopic (exact) mass is 303 g/mol. The molecule has 0 spiro atoms. The standard InChI is InChI=1S/C17H21NO2S/c1-12(19)17-15(4-3-5-16(17)20-2)18(14-6-7-14)10-13-8-9-21-11-13/h3-5,8-9,11-12,14,19H,6-7,10H2,1-2H3/t12-/m1/s1. The summed E-state index contributed by atoms with van der Waals surface area (Å²) in [7, 11) is 1.66. The molecule has 1 aromatic heterocycles. The maximum Gasteiger partial charge on any atom is 0.126 e. The van der Waals surface area contributed by atoms with Gasteiger partial charge >= 0.3 is 0 Å². The number of ether oxygens (including phenoxy) is 1. The van der Waals surface area contributed by atoms with Crippen LogP contribution in [0, 0.1) is 0 Å². The Hall–Kier alpha value is -1.52. The predicted molar refractivity (Wildman–Crippen MR) is 87.2 cm³/mol. The van der Waals surface area contributed by atoms with Crippen LogP contribution in [-0.2, 0) is 6.54 Å². The third kappa shape index (κ3) is 3.06. The molecule has 2 aromatic rings. The molecule has 3 rings (SSSR count). The van der Waals surface area contributed by atoms with Crippen molar-refractivity contribution in [2.75, 3.05) is 12.0 Å². The Kier molecular flexibility index (Phi) is 4.17. The van der Waals surface area contributed by atoms with Gasteiger partial charge < -0.3 is 14.7 Å². The largest absolute Gasteiger partial charge is 0.496 e. The van der Waals surface area contributed by atoms with Crippen molar-refractivity contribution in [1.29, 1.82) is 0 Å². The zero-order chi connectivity index (χ0) is 14.8. The molecular formula is C17H21NO2S. The molecule has 1 N–H and O–H groups in total. The van der Waals surface area contributed by atoms with E-state index in [1.165, 1.54) is 18.4 Å². The number of aliphatic hydroxyl groups excluding tert-OH is 1. The Balaban J connectivity index is 1.99. The number of hydrogen-bond acceptors (Lipinski definition) is 4. The molecule has 4 heteroatoms. The summed E-state index contributed by atoms with van der Waals surface area (Å²) in [6, 6.07) is 8.76. The summed E-state index contributed by atoms with van der Waals surface area (Å²) in [5, 5.41) is 14.5. The fourth-order valence-corrected chi connectivity index (χ4v) is 3.42. The molecule has 0 saturated heterocycles. The first-order valence-electron chi connectivity index (χ1n) is 7.33. The smallest absolute Gasteiger partial charge is 0.126 e. The molecule has 1 atom stereocenters. The van der Waals surface area contributed by atoms with Crippen molar-refractivity contribution in [3.05, 3.63) is 46.2 Å². The van der Waals surface area contributed by atoms with Crippen LogP contribution in [-0.4, -0.2) is 18.3 Å². The number of hydrogen-bond donors (Lipinski definition) is 1. The van der Waals surface area contributed by atoms with Crippen molar-refractivity contribution in [2.24, 2.45) is 0 Å². The maximum absolute atomic E-state index is 10.2. The minimum absolute atomic E-state index is 0.542. The zero-order valence-corrected chi connectivity index (χ0v) is 13.3. The molecule has 21 heavy (non-hydrogen) atoms. The fraction of sp³-hybridized carbons (Fsp3) is 0.412. The minimum atomic E-state index is -0.542. The molecule has 112 valence electrons. The van der Waals surface area contributed by atoms with Gasteiger partial charge in [-0.05, 0) is 54.3 Å². The minimum Gasteiger partial charge on any atom is -0.496 e. The van der Waals surface area contributed by atoms with Crippen LogP contribution < -0.4 is 9.64 Å². The zero-order valence-electron chi connectivity index (χ0n) is 12.5. The molecule has 0 unspecified atom stereocenters. The van der Waals surface area contributed by atoms with E-state index in [9.17, 15) is 5.11 Å². The summed E-state index contributed by atoms with van der Waals surface area (Å²) >= 11 is 1.73. The quantitative estimate of drug-likeness (QED) is 0.876. The van der Waals surface area contributed by atoms with Crippen LogP contribution in [0.2, 0.25) is 0 Å². The summed E-state index contributed by atoms with van der Waals surface area (Å²) in [6.45, 7) is 2.69. The Morgan fingerprint density at radius 1 is 1.38 bits per heavy atom. The van der Waals surface area contributed by atoms with Gasteiger partial charge in [0, 0.05) is 23.8 Å². The summed E-state index contributed by atoms with van der Waals surface area (Å²) in [4.78, 5) is 2.41. The van der Waals surface area contributed by atoms with Crippen molar-refractivity contribution in [3.8, 4) is 5.75 Å². The lowest BCUT2D eigenvalue weighted by molar-refractivity contribution is 0.194. The lowest BCUT2D eigenvalue weighted by Crippen LogP contribution is -2.26. The molecule has 0 amide bonds. The molecular weight excluding hydrogens is 282 g/mol. The number of thiophene rings is 1. The first-order valence-corrected chi connectivity index (χ1v) is 8.27. The molecule has 1 heterocycles. The number of anilines is 1. The maximum atomic E-state index is 10.2. The van der Waals surface area contributed by atoms with Crippen molar-refractivity contribution < 1.29 is 9.84 Å². The normalized spacial score (nSPS) is 15.8. The summed E-state index contributed by atoms with van der Waals surface area (Å²) in [5.41, 5.74) is 3.31. The lowest BCUT2D eigenvalue weighted by Gasteiger charge is -2.28. The number of nitrogens with zero attached hydrogens (tertiary/aromatic N) is 1. The molecule has 1 aliphatic carbocycles. The molecule has 1 fully saturated rings. The van der Waals surface area contributed by atoms with E-state index in [0.717, 1.165) is 23.5 Å². The molecule has 0 bridgehead atoms. The molecule has 1 aliphatic rings. The topological polar surface area (TPSA) is 32.7 Å². The summed E-state index contributed by atoms with van der Waals surface area (Å²) in [6.07, 6.45) is 1.90. The average Bonchev–Trinajstić information content (AvgIpc) is 3.20. The Labute approximate surface area is 129 Å². The van der Waals surface area contributed by atoms with E-state index in [1.807, 2.05) is 12.1 Å². The third-order valence-corrected chi connectivity index (χ3v) is 4.64. The van der Waals surface area contributed by atoms with Crippen LogP contribution in [0.1, 0.15) is 37.0 Å². The van der Waals surface area contributed by atoms with E-state index in [0.29, 0.717) is 6.04 Å². The van der Waals surface area contributed by atoms with E-state index in [2.05, 4.69) is 27.8 Å². The highest BCUT2D eigenvalue weighted by Gasteiger charge is 2.32. The van der Waals surface area contributed by atoms with Gasteiger partial charge in [0.1, 0.15) is 5.75 Å². The SMILES string of the molecule is COc1cccc(N(Cc2ccsc2)C2CC2)c1[C@@H](C)O. The van der Waals surface area contributed by atoms with Gasteiger partial charge in [-0.15, -0.1) is 0 Å². The Bertz CT molecular complexity index is 591. The summed E-state index contributed by atoms with van der Waals surface area (Å²) in [5.74, 6) is 0.762. The third-order valence-electron chi connectivity index (χ3n) is 3.91. The Morgan fingerprint density at radius 3 is 2.76 bits per heavy atom. The molecule has 1 saturated carbocycles. The van der Waals surface area contributed by atoms with Gasteiger partial charge in [0.15, 0.2) is 0 Å². The lowest BCUT2D eigenvalue weighted by atomic mass is 10.0. The molecule has 0 radical (unpaired) electrons. The van der Waals surface area contributed by atoms with E-state index >= 15 is 0 Å². The second-order valence-electron chi connectivity index (χ2n) is 5.56. The second-order valence-corrected chi connectivity index (χ2v) is 6.34. The first kappa shape index (κ1) is 14.4. The highest BCUT2D eigenvalue weighted by molar-refractivity contribution is 7.07. The van der Waals surface area contributed by atoms with Crippen molar-refractivity contribution in [1.82, 2.24) is 0 Å². The van der Waals surface area contributed by atoms with Gasteiger partial charge in [-0.2, -0.15) is 11.3 Å². The van der Waals surface area contributed by atoms with Crippen molar-refractivity contribution in [2.45, 2.75) is 38.5 Å². The van der Waals surface area contributed by atoms with Crippen LogP contribution in [0.5, 0.6) is 5.75 Å². The highest BCUT2D eigenvalue weighted by atomic mass is 32.1. The van der Waals surface area contributed by atoms with E-state index in [4.69, 9.17) is 4.74 Å². The second kappa shape index (κ2) is 6.08. The van der Waals surface area contributed by atoms with E-state index in [1.54, 1.807) is 25.4 Å². The van der Waals surface area contributed by atoms with E-state index in [-0.39, 0.29) is 0 Å². The highest BCUT2D eigenvalue weighted by Crippen LogP contribution is 2.40. The predicted octanol–water partition coefficient (Wildman–Crippen LogP) is 3.98. The van der Waals surface area contributed by atoms with Gasteiger partial charge in [-0.25, -0.2) is 0 Å². The molecule has 0 aliphatic heterocycles. The first-order chi connectivity index (χ1) is 10.2. The number of rotatable bonds is 6. The van der Waals surface area contributed by atoms with Crippen LogP contribution >= 0.6 is 11.3 Å². The average molecular weight is 303 g/mol. The molecule has 3 nitrogen and oxygen atoms in total. The number of aliphatic hydroxyl groups is 1. The van der Waals surface area contributed by atoms with Crippen molar-refractivity contribution >= 4 is 17.0 Å². The van der Waals surface area contributed by atoms with Crippen LogP contribution in [0.3, 0.4) is 0 Å². The fourth-order valence-electron chi connectivity index (χ4n) is 2.76. The van der Waals surface area contributed by atoms with Gasteiger partial charge in [-0.3, -0.25) is 0 Å². The van der Waals surface area contributed by atoms with Crippen molar-refractivity contribution in [3.63, 3.8) is 0 Å². The Morgan fingerprint density at radius 2 is 2.19 bits per heavy atom.